The van der Waals surface area contributed by atoms with Crippen molar-refractivity contribution in [2.24, 2.45) is 0 Å². The number of β-amino-alcohol motifs (C(OH)–C–C–N with tert-alkyl or cyclic N) is 1. The van der Waals surface area contributed by atoms with Gasteiger partial charge in [-0.3, -0.25) is 4.79 Å². The molecule has 5 nitrogen and oxygen atoms in total. The Labute approximate surface area is 153 Å². The number of nitrogens with one attached hydrogen (secondary N) is 1. The van der Waals surface area contributed by atoms with Gasteiger partial charge in [0.25, 0.3) is 5.91 Å². The highest BCUT2D eigenvalue weighted by Crippen LogP contribution is 2.19. The molecule has 0 bridgehead atoms. The SMILES string of the molecule is CN(C)[C@H]1CN(C(=O)c2cccc(NCc3ccc(F)cc3)c2)C[C@@H]1O. The fourth-order valence-electron chi connectivity index (χ4n) is 3.19. The summed E-state index contributed by atoms with van der Waals surface area (Å²) in [6, 6.07) is 13.6. The van der Waals surface area contributed by atoms with Crippen LogP contribution < -0.4 is 5.32 Å². The van der Waals surface area contributed by atoms with E-state index in [1.807, 2.05) is 31.1 Å². The van der Waals surface area contributed by atoms with Gasteiger partial charge in [0.1, 0.15) is 5.82 Å². The lowest BCUT2D eigenvalue weighted by Crippen LogP contribution is -2.38. The van der Waals surface area contributed by atoms with E-state index in [0.717, 1.165) is 11.3 Å². The normalized spacial score (nSPS) is 19.8. The largest absolute Gasteiger partial charge is 0.390 e. The first-order chi connectivity index (χ1) is 12.4. The van der Waals surface area contributed by atoms with Crippen LogP contribution in [0.1, 0.15) is 15.9 Å². The molecule has 26 heavy (non-hydrogen) atoms. The van der Waals surface area contributed by atoms with Gasteiger partial charge in [-0.05, 0) is 50.0 Å². The molecule has 2 atom stereocenters. The number of likely N-dealkylation sites (N-methyl/N-ethyl adjacent to an activating group) is 1. The van der Waals surface area contributed by atoms with E-state index < -0.39 is 6.10 Å². The van der Waals surface area contributed by atoms with Crippen LogP contribution >= 0.6 is 0 Å². The molecule has 0 unspecified atom stereocenters. The van der Waals surface area contributed by atoms with Crippen molar-refractivity contribution in [2.75, 3.05) is 32.5 Å². The fraction of sp³-hybridized carbons (Fsp3) is 0.350. The number of rotatable bonds is 5. The quantitative estimate of drug-likeness (QED) is 0.861. The number of anilines is 1. The zero-order valence-electron chi connectivity index (χ0n) is 15.0. The summed E-state index contributed by atoms with van der Waals surface area (Å²) in [5.74, 6) is -0.344. The van der Waals surface area contributed by atoms with E-state index in [9.17, 15) is 14.3 Å². The number of hydrogen-bond acceptors (Lipinski definition) is 4. The molecule has 1 aliphatic heterocycles. The minimum atomic E-state index is -0.534. The summed E-state index contributed by atoms with van der Waals surface area (Å²) in [6.45, 7) is 1.40. The molecule has 0 aromatic heterocycles. The number of likely N-dealkylation sites (tertiary alicyclic amines) is 1. The third-order valence-electron chi connectivity index (χ3n) is 4.73. The van der Waals surface area contributed by atoms with Crippen molar-refractivity contribution in [2.45, 2.75) is 18.7 Å². The Kier molecular flexibility index (Phi) is 5.54. The van der Waals surface area contributed by atoms with Crippen molar-refractivity contribution in [3.63, 3.8) is 0 Å². The summed E-state index contributed by atoms with van der Waals surface area (Å²) >= 11 is 0. The van der Waals surface area contributed by atoms with Gasteiger partial charge in [0.2, 0.25) is 0 Å². The minimum Gasteiger partial charge on any atom is -0.390 e. The average molecular weight is 357 g/mol. The maximum atomic E-state index is 13.0. The lowest BCUT2D eigenvalue weighted by atomic mass is 10.1. The first-order valence-corrected chi connectivity index (χ1v) is 8.66. The van der Waals surface area contributed by atoms with Crippen molar-refractivity contribution >= 4 is 11.6 Å². The predicted octanol–water partition coefficient (Wildman–Crippen LogP) is 2.18. The van der Waals surface area contributed by atoms with Gasteiger partial charge in [-0.15, -0.1) is 0 Å². The lowest BCUT2D eigenvalue weighted by molar-refractivity contribution is 0.0764. The Hall–Kier alpha value is -2.44. The molecule has 0 aliphatic carbocycles. The van der Waals surface area contributed by atoms with E-state index in [4.69, 9.17) is 0 Å². The van der Waals surface area contributed by atoms with Crippen molar-refractivity contribution < 1.29 is 14.3 Å². The summed E-state index contributed by atoms with van der Waals surface area (Å²) in [5.41, 5.74) is 2.37. The van der Waals surface area contributed by atoms with Gasteiger partial charge in [-0.25, -0.2) is 4.39 Å². The first kappa shape index (κ1) is 18.4. The van der Waals surface area contributed by atoms with Gasteiger partial charge in [0.15, 0.2) is 0 Å². The maximum Gasteiger partial charge on any atom is 0.254 e. The Morgan fingerprint density at radius 3 is 2.62 bits per heavy atom. The average Bonchev–Trinajstić information content (AvgIpc) is 3.03. The zero-order valence-corrected chi connectivity index (χ0v) is 15.0. The highest BCUT2D eigenvalue weighted by atomic mass is 19.1. The Bertz CT molecular complexity index is 764. The van der Waals surface area contributed by atoms with Crippen molar-refractivity contribution in [1.82, 2.24) is 9.80 Å². The van der Waals surface area contributed by atoms with Gasteiger partial charge >= 0.3 is 0 Å². The molecular weight excluding hydrogens is 333 g/mol. The third-order valence-corrected chi connectivity index (χ3v) is 4.73. The molecule has 138 valence electrons. The first-order valence-electron chi connectivity index (χ1n) is 8.66. The molecule has 3 rings (SSSR count). The number of carbonyl (C=O) groups is 1. The molecule has 1 amide bonds. The Morgan fingerprint density at radius 1 is 1.23 bits per heavy atom. The van der Waals surface area contributed by atoms with Crippen molar-refractivity contribution in [3.05, 3.63) is 65.5 Å². The van der Waals surface area contributed by atoms with Crippen LogP contribution in [-0.2, 0) is 6.54 Å². The van der Waals surface area contributed by atoms with Crippen LogP contribution in [0.5, 0.6) is 0 Å². The van der Waals surface area contributed by atoms with E-state index in [1.54, 1.807) is 29.2 Å². The number of aliphatic hydroxyl groups excluding tert-OH is 1. The summed E-state index contributed by atoms with van der Waals surface area (Å²) in [7, 11) is 3.81. The number of nitrogens with zero attached hydrogens (tertiary/aromatic N) is 2. The van der Waals surface area contributed by atoms with Gasteiger partial charge in [-0.2, -0.15) is 0 Å². The highest BCUT2D eigenvalue weighted by Gasteiger charge is 2.35. The number of halogens is 1. The van der Waals surface area contributed by atoms with Crippen molar-refractivity contribution in [1.29, 1.82) is 0 Å². The second-order valence-corrected chi connectivity index (χ2v) is 6.87. The van der Waals surface area contributed by atoms with Gasteiger partial charge in [-0.1, -0.05) is 18.2 Å². The van der Waals surface area contributed by atoms with Crippen LogP contribution in [0.4, 0.5) is 10.1 Å². The molecule has 2 aromatic rings. The van der Waals surface area contributed by atoms with Crippen molar-refractivity contribution in [3.8, 4) is 0 Å². The number of aliphatic hydroxyl groups is 1. The van der Waals surface area contributed by atoms with Crippen LogP contribution in [0.2, 0.25) is 0 Å². The molecule has 6 heteroatoms. The summed E-state index contributed by atoms with van der Waals surface area (Å²) in [4.78, 5) is 16.4. The third kappa shape index (κ3) is 4.20. The summed E-state index contributed by atoms with van der Waals surface area (Å²) in [6.07, 6.45) is -0.534. The monoisotopic (exact) mass is 357 g/mol. The molecule has 0 radical (unpaired) electrons. The minimum absolute atomic E-state index is 0.0428. The molecule has 2 N–H and O–H groups in total. The molecule has 0 spiro atoms. The van der Waals surface area contributed by atoms with Crippen LogP contribution in [0, 0.1) is 5.82 Å². The lowest BCUT2D eigenvalue weighted by Gasteiger charge is -2.21. The van der Waals surface area contributed by atoms with Crippen LogP contribution in [0.3, 0.4) is 0 Å². The van der Waals surface area contributed by atoms with E-state index in [1.165, 1.54) is 12.1 Å². The van der Waals surface area contributed by atoms with Gasteiger partial charge in [0, 0.05) is 30.9 Å². The van der Waals surface area contributed by atoms with E-state index in [2.05, 4.69) is 5.32 Å². The van der Waals surface area contributed by atoms with Crippen LogP contribution in [-0.4, -0.2) is 60.1 Å². The Balaban J connectivity index is 1.65. The second kappa shape index (κ2) is 7.85. The second-order valence-electron chi connectivity index (χ2n) is 6.87. The highest BCUT2D eigenvalue weighted by molar-refractivity contribution is 5.95. The topological polar surface area (TPSA) is 55.8 Å². The molecule has 1 fully saturated rings. The zero-order chi connectivity index (χ0) is 18.7. The van der Waals surface area contributed by atoms with Crippen LogP contribution in [0.15, 0.2) is 48.5 Å². The van der Waals surface area contributed by atoms with E-state index in [-0.39, 0.29) is 17.8 Å². The van der Waals surface area contributed by atoms with E-state index >= 15 is 0 Å². The van der Waals surface area contributed by atoms with Crippen LogP contribution in [0.25, 0.3) is 0 Å². The van der Waals surface area contributed by atoms with Gasteiger partial charge < -0.3 is 20.2 Å². The molecule has 1 heterocycles. The number of benzene rings is 2. The number of amides is 1. The molecule has 2 aromatic carbocycles. The molecular formula is C20H24FN3O2. The van der Waals surface area contributed by atoms with Gasteiger partial charge in [0.05, 0.1) is 12.1 Å². The summed E-state index contributed by atoms with van der Waals surface area (Å²) < 4.78 is 13.0. The molecule has 1 saturated heterocycles. The predicted molar refractivity (Wildman–Crippen MR) is 99.6 cm³/mol. The standard InChI is InChI=1S/C20H24FN3O2/c1-23(2)18-12-24(13-19(18)25)20(26)15-4-3-5-17(10-15)22-11-14-6-8-16(21)9-7-14/h3-10,18-19,22,25H,11-13H2,1-2H3/t18-,19-/m0/s1. The summed E-state index contributed by atoms with van der Waals surface area (Å²) in [5, 5.41) is 13.4. The fourth-order valence-corrected chi connectivity index (χ4v) is 3.19. The number of carbonyl (C=O) groups excluding carboxylic acids is 1. The smallest absolute Gasteiger partial charge is 0.254 e. The maximum absolute atomic E-state index is 13.0. The Morgan fingerprint density at radius 2 is 1.96 bits per heavy atom. The van der Waals surface area contributed by atoms with E-state index in [0.29, 0.717) is 25.2 Å². The molecule has 1 aliphatic rings. The molecule has 0 saturated carbocycles. The number of hydrogen-bond donors (Lipinski definition) is 2.